The molecule has 1 aliphatic carbocycles. The predicted octanol–water partition coefficient (Wildman–Crippen LogP) is 5.09. The average Bonchev–Trinajstić information content (AvgIpc) is 2.60. The van der Waals surface area contributed by atoms with E-state index in [4.69, 9.17) is 4.98 Å². The maximum Gasteiger partial charge on any atom is 0.338 e. The fourth-order valence-corrected chi connectivity index (χ4v) is 3.76. The number of aromatic carboxylic acids is 1. The van der Waals surface area contributed by atoms with Crippen molar-refractivity contribution in [3.05, 3.63) is 52.8 Å². The lowest BCUT2D eigenvalue weighted by Gasteiger charge is -2.28. The Morgan fingerprint density at radius 3 is 2.58 bits per heavy atom. The molecule has 3 nitrogen and oxygen atoms in total. The summed E-state index contributed by atoms with van der Waals surface area (Å²) in [6.45, 7) is 6.26. The van der Waals surface area contributed by atoms with E-state index in [2.05, 4.69) is 6.92 Å². The number of carboxylic acid groups (broad SMARTS) is 1. The third kappa shape index (κ3) is 2.95. The zero-order valence-electron chi connectivity index (χ0n) is 14.7. The minimum Gasteiger partial charge on any atom is -0.478 e. The van der Waals surface area contributed by atoms with Gasteiger partial charge in [-0.1, -0.05) is 57.5 Å². The van der Waals surface area contributed by atoms with Crippen molar-refractivity contribution in [2.75, 3.05) is 0 Å². The highest BCUT2D eigenvalue weighted by Gasteiger charge is 2.29. The molecule has 0 saturated carbocycles. The van der Waals surface area contributed by atoms with E-state index in [9.17, 15) is 9.90 Å². The van der Waals surface area contributed by atoms with Crippen LogP contribution in [0.1, 0.15) is 66.8 Å². The Balaban J connectivity index is 2.33. The quantitative estimate of drug-likeness (QED) is 0.853. The fourth-order valence-electron chi connectivity index (χ4n) is 3.76. The summed E-state index contributed by atoms with van der Waals surface area (Å²) < 4.78 is 0. The van der Waals surface area contributed by atoms with Crippen molar-refractivity contribution in [1.29, 1.82) is 0 Å². The van der Waals surface area contributed by atoms with Crippen LogP contribution in [0, 0.1) is 5.92 Å². The fraction of sp³-hybridized carbons (Fsp3) is 0.429. The first kappa shape index (κ1) is 16.7. The van der Waals surface area contributed by atoms with Gasteiger partial charge in [0.25, 0.3) is 0 Å². The van der Waals surface area contributed by atoms with Crippen molar-refractivity contribution in [1.82, 2.24) is 4.98 Å². The van der Waals surface area contributed by atoms with Gasteiger partial charge in [-0.05, 0) is 42.2 Å². The molecule has 0 spiro atoms. The lowest BCUT2D eigenvalue weighted by atomic mass is 9.79. The second-order valence-electron chi connectivity index (χ2n) is 7.02. The number of nitrogens with zero attached hydrogens (tertiary/aromatic N) is 1. The maximum atomic E-state index is 12.1. The van der Waals surface area contributed by atoms with Crippen molar-refractivity contribution in [2.24, 2.45) is 5.92 Å². The standard InChI is InChI=1S/C21H25NO2/c1-4-14-10-11-17-16(12-14)18(15-8-6-5-7-9-15)19(21(23)24)20(22-17)13(2)3/h5-9,13-14H,4,10-12H2,1-3H3,(H,23,24). The van der Waals surface area contributed by atoms with Crippen LogP contribution in [-0.2, 0) is 12.8 Å². The van der Waals surface area contributed by atoms with Crippen molar-refractivity contribution < 1.29 is 9.90 Å². The molecule has 2 aromatic rings. The average molecular weight is 323 g/mol. The third-order valence-corrected chi connectivity index (χ3v) is 5.09. The van der Waals surface area contributed by atoms with E-state index < -0.39 is 5.97 Å². The van der Waals surface area contributed by atoms with E-state index in [0.717, 1.165) is 53.8 Å². The van der Waals surface area contributed by atoms with E-state index in [0.29, 0.717) is 11.5 Å². The third-order valence-electron chi connectivity index (χ3n) is 5.09. The Labute approximate surface area is 143 Å². The van der Waals surface area contributed by atoms with Crippen LogP contribution < -0.4 is 0 Å². The van der Waals surface area contributed by atoms with Gasteiger partial charge in [0, 0.05) is 11.3 Å². The van der Waals surface area contributed by atoms with Crippen molar-refractivity contribution in [2.45, 2.75) is 52.4 Å². The van der Waals surface area contributed by atoms with Gasteiger partial charge in [-0.2, -0.15) is 0 Å². The highest BCUT2D eigenvalue weighted by atomic mass is 16.4. The predicted molar refractivity (Wildman–Crippen MR) is 96.5 cm³/mol. The lowest BCUT2D eigenvalue weighted by Crippen LogP contribution is -2.21. The Morgan fingerprint density at radius 1 is 1.29 bits per heavy atom. The van der Waals surface area contributed by atoms with Crippen molar-refractivity contribution in [3.8, 4) is 11.1 Å². The van der Waals surface area contributed by atoms with E-state index >= 15 is 0 Å². The largest absolute Gasteiger partial charge is 0.478 e. The van der Waals surface area contributed by atoms with Crippen LogP contribution in [0.4, 0.5) is 0 Å². The van der Waals surface area contributed by atoms with Gasteiger partial charge in [0.15, 0.2) is 0 Å². The van der Waals surface area contributed by atoms with Crippen LogP contribution in [-0.4, -0.2) is 16.1 Å². The van der Waals surface area contributed by atoms with Crippen LogP contribution in [0.2, 0.25) is 0 Å². The van der Waals surface area contributed by atoms with Gasteiger partial charge < -0.3 is 5.11 Å². The number of aromatic nitrogens is 1. The van der Waals surface area contributed by atoms with E-state index in [1.54, 1.807) is 0 Å². The Kier molecular flexibility index (Phi) is 4.70. The summed E-state index contributed by atoms with van der Waals surface area (Å²) in [7, 11) is 0. The van der Waals surface area contributed by atoms with Crippen LogP contribution in [0.3, 0.4) is 0 Å². The number of carbonyl (C=O) groups is 1. The second kappa shape index (κ2) is 6.76. The SMILES string of the molecule is CCC1CCc2nc(C(C)C)c(C(=O)O)c(-c3ccccc3)c2C1. The Bertz CT molecular complexity index is 750. The lowest BCUT2D eigenvalue weighted by molar-refractivity contribution is 0.0695. The molecule has 0 radical (unpaired) electrons. The Morgan fingerprint density at radius 2 is 2.00 bits per heavy atom. The minimum atomic E-state index is -0.869. The molecular formula is C21H25NO2. The smallest absolute Gasteiger partial charge is 0.338 e. The molecule has 0 bridgehead atoms. The number of aryl methyl sites for hydroxylation is 1. The molecule has 1 N–H and O–H groups in total. The molecule has 1 unspecified atom stereocenters. The number of carboxylic acids is 1. The molecule has 1 aromatic carbocycles. The van der Waals surface area contributed by atoms with E-state index in [1.807, 2.05) is 44.2 Å². The molecule has 3 heteroatoms. The number of fused-ring (bicyclic) bond motifs is 1. The first-order valence-corrected chi connectivity index (χ1v) is 8.87. The van der Waals surface area contributed by atoms with Crippen LogP contribution >= 0.6 is 0 Å². The summed E-state index contributed by atoms with van der Waals surface area (Å²) in [6, 6.07) is 9.95. The molecule has 0 amide bonds. The molecule has 3 rings (SSSR count). The number of hydrogen-bond donors (Lipinski definition) is 1. The topological polar surface area (TPSA) is 50.2 Å². The Hall–Kier alpha value is -2.16. The first-order valence-electron chi connectivity index (χ1n) is 8.87. The second-order valence-corrected chi connectivity index (χ2v) is 7.02. The summed E-state index contributed by atoms with van der Waals surface area (Å²) in [5.41, 5.74) is 5.26. The molecule has 1 aliphatic rings. The summed E-state index contributed by atoms with van der Waals surface area (Å²) in [5.74, 6) is -0.160. The summed E-state index contributed by atoms with van der Waals surface area (Å²) >= 11 is 0. The van der Waals surface area contributed by atoms with Crippen LogP contribution in [0.5, 0.6) is 0 Å². The molecule has 1 aromatic heterocycles. The molecule has 0 saturated heterocycles. The zero-order valence-corrected chi connectivity index (χ0v) is 14.7. The minimum absolute atomic E-state index is 0.0905. The monoisotopic (exact) mass is 323 g/mol. The van der Waals surface area contributed by atoms with Gasteiger partial charge in [0.2, 0.25) is 0 Å². The van der Waals surface area contributed by atoms with Gasteiger partial charge in [-0.25, -0.2) is 4.79 Å². The van der Waals surface area contributed by atoms with Gasteiger partial charge >= 0.3 is 5.97 Å². The van der Waals surface area contributed by atoms with E-state index in [-0.39, 0.29) is 5.92 Å². The van der Waals surface area contributed by atoms with Crippen molar-refractivity contribution >= 4 is 5.97 Å². The van der Waals surface area contributed by atoms with E-state index in [1.165, 1.54) is 0 Å². The number of rotatable bonds is 4. The van der Waals surface area contributed by atoms with Gasteiger partial charge in [0.1, 0.15) is 0 Å². The molecular weight excluding hydrogens is 298 g/mol. The van der Waals surface area contributed by atoms with Gasteiger partial charge in [-0.15, -0.1) is 0 Å². The van der Waals surface area contributed by atoms with Gasteiger partial charge in [-0.3, -0.25) is 4.98 Å². The molecule has 0 aliphatic heterocycles. The van der Waals surface area contributed by atoms with Crippen LogP contribution in [0.15, 0.2) is 30.3 Å². The highest BCUT2D eigenvalue weighted by molar-refractivity contribution is 5.98. The summed E-state index contributed by atoms with van der Waals surface area (Å²) in [6.07, 6.45) is 4.16. The van der Waals surface area contributed by atoms with Gasteiger partial charge in [0.05, 0.1) is 11.3 Å². The highest BCUT2D eigenvalue weighted by Crippen LogP contribution is 2.39. The van der Waals surface area contributed by atoms with Crippen LogP contribution in [0.25, 0.3) is 11.1 Å². The summed E-state index contributed by atoms with van der Waals surface area (Å²) in [5, 5.41) is 9.94. The number of benzene rings is 1. The molecule has 1 heterocycles. The molecule has 0 fully saturated rings. The first-order chi connectivity index (χ1) is 11.5. The maximum absolute atomic E-state index is 12.1. The molecule has 126 valence electrons. The summed E-state index contributed by atoms with van der Waals surface area (Å²) in [4.78, 5) is 16.9. The number of pyridine rings is 1. The zero-order chi connectivity index (χ0) is 17.3. The number of hydrogen-bond acceptors (Lipinski definition) is 2. The normalized spacial score (nSPS) is 16.9. The molecule has 1 atom stereocenters. The van der Waals surface area contributed by atoms with Crippen molar-refractivity contribution in [3.63, 3.8) is 0 Å². The molecule has 24 heavy (non-hydrogen) atoms.